The molecule has 0 saturated carbocycles. The molecule has 4 nitrogen and oxygen atoms in total. The lowest BCUT2D eigenvalue weighted by atomic mass is 10.1. The number of hydrogen-bond donors (Lipinski definition) is 1. The van der Waals surface area contributed by atoms with Crippen molar-refractivity contribution < 1.29 is 9.59 Å². The van der Waals surface area contributed by atoms with E-state index in [1.165, 1.54) is 4.90 Å². The first-order valence-electron chi connectivity index (χ1n) is 5.33. The Morgan fingerprint density at radius 1 is 1.44 bits per heavy atom. The number of nitrogens with zero attached hydrogens (tertiary/aromatic N) is 1. The predicted molar refractivity (Wildman–Crippen MR) is 71.9 cm³/mol. The summed E-state index contributed by atoms with van der Waals surface area (Å²) in [6.07, 6.45) is 0. The van der Waals surface area contributed by atoms with Crippen molar-refractivity contribution in [2.45, 2.75) is 13.0 Å². The topological polar surface area (TPSA) is 49.4 Å². The smallest absolute Gasteiger partial charge is 0.321 e. The van der Waals surface area contributed by atoms with Crippen molar-refractivity contribution in [3.63, 3.8) is 0 Å². The van der Waals surface area contributed by atoms with Gasteiger partial charge in [0.15, 0.2) is 0 Å². The first kappa shape index (κ1) is 14.8. The van der Waals surface area contributed by atoms with E-state index in [0.717, 1.165) is 5.56 Å². The van der Waals surface area contributed by atoms with Crippen LogP contribution in [0.5, 0.6) is 0 Å². The molecule has 1 aromatic rings. The number of benzene rings is 1. The zero-order valence-corrected chi connectivity index (χ0v) is 11.6. The minimum atomic E-state index is -0.521. The molecular weight excluding hydrogens is 275 g/mol. The number of halogens is 2. The molecule has 3 amide bonds. The van der Waals surface area contributed by atoms with Crippen molar-refractivity contribution in [2.24, 2.45) is 0 Å². The van der Waals surface area contributed by atoms with Crippen LogP contribution in [0.1, 0.15) is 18.5 Å². The molecular formula is C12H14Cl2N2O2. The first-order valence-corrected chi connectivity index (χ1v) is 6.25. The molecule has 1 aromatic carbocycles. The van der Waals surface area contributed by atoms with Crippen LogP contribution in [0.3, 0.4) is 0 Å². The number of alkyl halides is 1. The summed E-state index contributed by atoms with van der Waals surface area (Å²) in [5.74, 6) is -0.766. The lowest BCUT2D eigenvalue weighted by molar-refractivity contribution is -0.117. The van der Waals surface area contributed by atoms with Gasteiger partial charge in [-0.3, -0.25) is 10.1 Å². The predicted octanol–water partition coefficient (Wildman–Crippen LogP) is 2.81. The van der Waals surface area contributed by atoms with Gasteiger partial charge in [-0.15, -0.1) is 11.6 Å². The third kappa shape index (κ3) is 3.89. The van der Waals surface area contributed by atoms with Crippen molar-refractivity contribution in [1.82, 2.24) is 10.2 Å². The molecule has 6 heteroatoms. The quantitative estimate of drug-likeness (QED) is 0.870. The molecule has 0 aromatic heterocycles. The Morgan fingerprint density at radius 2 is 2.11 bits per heavy atom. The number of rotatable bonds is 3. The molecule has 1 N–H and O–H groups in total. The summed E-state index contributed by atoms with van der Waals surface area (Å²) < 4.78 is 0. The van der Waals surface area contributed by atoms with Gasteiger partial charge in [-0.2, -0.15) is 0 Å². The molecule has 18 heavy (non-hydrogen) atoms. The van der Waals surface area contributed by atoms with Crippen molar-refractivity contribution in [2.75, 3.05) is 12.9 Å². The molecule has 1 atom stereocenters. The van der Waals surface area contributed by atoms with Crippen LogP contribution >= 0.6 is 23.2 Å². The fraction of sp³-hybridized carbons (Fsp3) is 0.333. The molecule has 0 spiro atoms. The van der Waals surface area contributed by atoms with Gasteiger partial charge in [0.1, 0.15) is 5.88 Å². The zero-order chi connectivity index (χ0) is 13.7. The van der Waals surface area contributed by atoms with Gasteiger partial charge in [0.05, 0.1) is 6.04 Å². The third-order valence-electron chi connectivity index (χ3n) is 2.60. The van der Waals surface area contributed by atoms with E-state index in [1.807, 2.05) is 19.1 Å². The number of carbonyl (C=O) groups excluding carboxylic acids is 2. The molecule has 98 valence electrons. The highest BCUT2D eigenvalue weighted by molar-refractivity contribution is 6.30. The normalized spacial score (nSPS) is 11.8. The zero-order valence-electron chi connectivity index (χ0n) is 10.1. The molecule has 1 unspecified atom stereocenters. The Bertz CT molecular complexity index is 451. The summed E-state index contributed by atoms with van der Waals surface area (Å²) in [7, 11) is 1.60. The molecule has 0 aliphatic carbocycles. The van der Waals surface area contributed by atoms with Crippen LogP contribution in [0.25, 0.3) is 0 Å². The van der Waals surface area contributed by atoms with Crippen LogP contribution < -0.4 is 5.32 Å². The number of amides is 3. The minimum Gasteiger partial charge on any atom is -0.321 e. The lowest BCUT2D eigenvalue weighted by Crippen LogP contribution is -2.42. The second-order valence-electron chi connectivity index (χ2n) is 3.83. The molecule has 0 aliphatic rings. The summed E-state index contributed by atoms with van der Waals surface area (Å²) in [6.45, 7) is 1.84. The monoisotopic (exact) mass is 288 g/mol. The van der Waals surface area contributed by atoms with Crippen LogP contribution in [0.4, 0.5) is 4.79 Å². The SMILES string of the molecule is CC(c1cccc(Cl)c1)N(C)C(=O)NC(=O)CCl. The number of hydrogen-bond acceptors (Lipinski definition) is 2. The van der Waals surface area contributed by atoms with Gasteiger partial charge in [-0.25, -0.2) is 4.79 Å². The lowest BCUT2D eigenvalue weighted by Gasteiger charge is -2.25. The van der Waals surface area contributed by atoms with Gasteiger partial charge in [-0.05, 0) is 24.6 Å². The maximum Gasteiger partial charge on any atom is 0.324 e. The van der Waals surface area contributed by atoms with E-state index in [9.17, 15) is 9.59 Å². The molecule has 0 radical (unpaired) electrons. The van der Waals surface area contributed by atoms with Crippen LogP contribution in [-0.4, -0.2) is 29.8 Å². The standard InChI is InChI=1S/C12H14Cl2N2O2/c1-8(9-4-3-5-10(14)6-9)16(2)12(18)15-11(17)7-13/h3-6,8H,7H2,1-2H3,(H,15,17,18). The summed E-state index contributed by atoms with van der Waals surface area (Å²) in [5.41, 5.74) is 0.887. The molecule has 0 aliphatic heterocycles. The van der Waals surface area contributed by atoms with Gasteiger partial charge >= 0.3 is 6.03 Å². The number of imide groups is 1. The van der Waals surface area contributed by atoms with Gasteiger partial charge in [0, 0.05) is 12.1 Å². The summed E-state index contributed by atoms with van der Waals surface area (Å²) in [4.78, 5) is 24.2. The van der Waals surface area contributed by atoms with Crippen LogP contribution in [0.15, 0.2) is 24.3 Å². The Labute approximate surface area is 116 Å². The summed E-state index contributed by atoms with van der Waals surface area (Å²) >= 11 is 11.2. The highest BCUT2D eigenvalue weighted by Crippen LogP contribution is 2.21. The molecule has 0 heterocycles. The fourth-order valence-electron chi connectivity index (χ4n) is 1.41. The Morgan fingerprint density at radius 3 is 2.67 bits per heavy atom. The Hall–Kier alpha value is -1.26. The van der Waals surface area contributed by atoms with Crippen molar-refractivity contribution in [3.05, 3.63) is 34.9 Å². The van der Waals surface area contributed by atoms with Gasteiger partial charge in [-0.1, -0.05) is 23.7 Å². The van der Waals surface area contributed by atoms with Gasteiger partial charge in [0.25, 0.3) is 0 Å². The third-order valence-corrected chi connectivity index (χ3v) is 3.08. The maximum atomic E-state index is 11.7. The number of carbonyl (C=O) groups is 2. The maximum absolute atomic E-state index is 11.7. The average molecular weight is 289 g/mol. The number of urea groups is 1. The molecule has 0 fully saturated rings. The van der Waals surface area contributed by atoms with E-state index in [4.69, 9.17) is 23.2 Å². The largest absolute Gasteiger partial charge is 0.324 e. The highest BCUT2D eigenvalue weighted by Gasteiger charge is 2.18. The van der Waals surface area contributed by atoms with Gasteiger partial charge in [0.2, 0.25) is 5.91 Å². The van der Waals surface area contributed by atoms with Crippen molar-refractivity contribution in [1.29, 1.82) is 0 Å². The Kier molecular flexibility index (Phi) is 5.44. The van der Waals surface area contributed by atoms with E-state index in [-0.39, 0.29) is 11.9 Å². The fourth-order valence-corrected chi connectivity index (χ4v) is 1.67. The second-order valence-corrected chi connectivity index (χ2v) is 4.53. The van der Waals surface area contributed by atoms with E-state index >= 15 is 0 Å². The molecule has 0 bridgehead atoms. The van der Waals surface area contributed by atoms with Crippen molar-refractivity contribution >= 4 is 35.1 Å². The highest BCUT2D eigenvalue weighted by atomic mass is 35.5. The summed E-state index contributed by atoms with van der Waals surface area (Å²) in [5, 5.41) is 2.78. The molecule has 0 saturated heterocycles. The van der Waals surface area contributed by atoms with E-state index in [1.54, 1.807) is 19.2 Å². The van der Waals surface area contributed by atoms with E-state index in [2.05, 4.69) is 5.32 Å². The van der Waals surface area contributed by atoms with Gasteiger partial charge < -0.3 is 4.90 Å². The van der Waals surface area contributed by atoms with E-state index in [0.29, 0.717) is 5.02 Å². The van der Waals surface area contributed by atoms with Crippen LogP contribution in [0.2, 0.25) is 5.02 Å². The van der Waals surface area contributed by atoms with Crippen LogP contribution in [0, 0.1) is 0 Å². The minimum absolute atomic E-state index is 0.202. The van der Waals surface area contributed by atoms with E-state index < -0.39 is 11.9 Å². The van der Waals surface area contributed by atoms with Crippen LogP contribution in [-0.2, 0) is 4.79 Å². The Balaban J connectivity index is 2.74. The summed E-state index contributed by atoms with van der Waals surface area (Å²) in [6, 6.07) is 6.52. The average Bonchev–Trinajstić information content (AvgIpc) is 2.36. The number of nitrogens with one attached hydrogen (secondary N) is 1. The first-order chi connectivity index (χ1) is 8.45. The molecule has 1 rings (SSSR count). The van der Waals surface area contributed by atoms with Crippen molar-refractivity contribution in [3.8, 4) is 0 Å². The second kappa shape index (κ2) is 6.61.